The summed E-state index contributed by atoms with van der Waals surface area (Å²) in [6, 6.07) is 1.02. The number of piperidine rings is 2. The van der Waals surface area contributed by atoms with E-state index < -0.39 is 0 Å². The predicted octanol–water partition coefficient (Wildman–Crippen LogP) is 1.91. The molecule has 3 aliphatic heterocycles. The number of carbonyl (C=O) groups is 1. The minimum atomic E-state index is 0. The Bertz CT molecular complexity index is 337. The molecular formula is C15H29Cl2N3O. The summed E-state index contributed by atoms with van der Waals surface area (Å²) >= 11 is 0. The lowest BCUT2D eigenvalue weighted by Gasteiger charge is -2.48. The van der Waals surface area contributed by atoms with Crippen molar-refractivity contribution in [1.82, 2.24) is 15.1 Å². The second-order valence-corrected chi connectivity index (χ2v) is 6.53. The molecule has 0 aromatic heterocycles. The zero-order valence-corrected chi connectivity index (χ0v) is 14.6. The van der Waals surface area contributed by atoms with Crippen molar-refractivity contribution in [2.75, 3.05) is 32.7 Å². The lowest BCUT2D eigenvalue weighted by atomic mass is 9.93. The van der Waals surface area contributed by atoms with Crippen molar-refractivity contribution in [1.29, 1.82) is 0 Å². The molecule has 3 saturated heterocycles. The Kier molecular flexibility index (Phi) is 7.75. The highest BCUT2D eigenvalue weighted by molar-refractivity contribution is 5.85. The highest BCUT2D eigenvalue weighted by Gasteiger charge is 2.37. The van der Waals surface area contributed by atoms with E-state index in [9.17, 15) is 4.79 Å². The second kappa shape index (κ2) is 8.56. The normalized spacial score (nSPS) is 33.4. The minimum absolute atomic E-state index is 0. The molecule has 124 valence electrons. The molecule has 0 spiro atoms. The van der Waals surface area contributed by atoms with Gasteiger partial charge in [-0.05, 0) is 45.7 Å². The van der Waals surface area contributed by atoms with Gasteiger partial charge in [0, 0.05) is 31.7 Å². The maximum atomic E-state index is 12.7. The maximum Gasteiger partial charge on any atom is 0.227 e. The van der Waals surface area contributed by atoms with Gasteiger partial charge in [-0.15, -0.1) is 24.8 Å². The molecule has 3 aliphatic rings. The van der Waals surface area contributed by atoms with Crippen molar-refractivity contribution in [3.8, 4) is 0 Å². The Hall–Kier alpha value is -0.0300. The molecule has 3 unspecified atom stereocenters. The van der Waals surface area contributed by atoms with Gasteiger partial charge in [0.15, 0.2) is 0 Å². The first-order valence-electron chi connectivity index (χ1n) is 8.01. The summed E-state index contributed by atoms with van der Waals surface area (Å²) < 4.78 is 0. The van der Waals surface area contributed by atoms with Gasteiger partial charge >= 0.3 is 0 Å². The van der Waals surface area contributed by atoms with Gasteiger partial charge < -0.3 is 10.2 Å². The second-order valence-electron chi connectivity index (χ2n) is 6.53. The minimum Gasteiger partial charge on any atom is -0.337 e. The summed E-state index contributed by atoms with van der Waals surface area (Å²) in [5.41, 5.74) is 0. The number of hydrogen-bond donors (Lipinski definition) is 1. The van der Waals surface area contributed by atoms with Gasteiger partial charge in [0.05, 0.1) is 5.92 Å². The van der Waals surface area contributed by atoms with Gasteiger partial charge in [0.25, 0.3) is 0 Å². The fourth-order valence-corrected chi connectivity index (χ4v) is 3.96. The fourth-order valence-electron chi connectivity index (χ4n) is 3.96. The SMILES string of the molecule is CC1CN2CCCCC2CN1C(=O)C1CCCNC1.Cl.Cl. The van der Waals surface area contributed by atoms with Crippen LogP contribution in [0.4, 0.5) is 0 Å². The van der Waals surface area contributed by atoms with Crippen LogP contribution in [0.15, 0.2) is 0 Å². The Morgan fingerprint density at radius 2 is 1.90 bits per heavy atom. The Labute approximate surface area is 140 Å². The number of amides is 1. The van der Waals surface area contributed by atoms with Crippen LogP contribution in [0, 0.1) is 5.92 Å². The van der Waals surface area contributed by atoms with Crippen LogP contribution in [0.5, 0.6) is 0 Å². The molecule has 1 amide bonds. The van der Waals surface area contributed by atoms with Crippen molar-refractivity contribution in [2.45, 2.75) is 51.1 Å². The van der Waals surface area contributed by atoms with Gasteiger partial charge in [0.2, 0.25) is 5.91 Å². The van der Waals surface area contributed by atoms with E-state index in [4.69, 9.17) is 0 Å². The number of rotatable bonds is 1. The molecule has 0 radical (unpaired) electrons. The first kappa shape index (κ1) is 19.0. The number of piperazine rings is 1. The lowest BCUT2D eigenvalue weighted by molar-refractivity contribution is -0.143. The van der Waals surface area contributed by atoms with Crippen LogP contribution in [0.2, 0.25) is 0 Å². The largest absolute Gasteiger partial charge is 0.337 e. The number of halogens is 2. The van der Waals surface area contributed by atoms with Gasteiger partial charge in [-0.2, -0.15) is 0 Å². The molecule has 0 saturated carbocycles. The highest BCUT2D eigenvalue weighted by atomic mass is 35.5. The third-order valence-electron chi connectivity index (χ3n) is 5.12. The molecule has 21 heavy (non-hydrogen) atoms. The van der Waals surface area contributed by atoms with Crippen LogP contribution in [0.25, 0.3) is 0 Å². The zero-order valence-electron chi connectivity index (χ0n) is 12.9. The summed E-state index contributed by atoms with van der Waals surface area (Å²) in [6.45, 7) is 7.47. The predicted molar refractivity (Wildman–Crippen MR) is 90.5 cm³/mol. The number of fused-ring (bicyclic) bond motifs is 1. The van der Waals surface area contributed by atoms with Crippen molar-refractivity contribution >= 4 is 30.7 Å². The van der Waals surface area contributed by atoms with Gasteiger partial charge in [0.1, 0.15) is 0 Å². The zero-order chi connectivity index (χ0) is 13.2. The van der Waals surface area contributed by atoms with Crippen molar-refractivity contribution < 1.29 is 4.79 Å². The van der Waals surface area contributed by atoms with Gasteiger partial charge in [-0.25, -0.2) is 0 Å². The van der Waals surface area contributed by atoms with Gasteiger partial charge in [-0.1, -0.05) is 6.42 Å². The average Bonchev–Trinajstić information content (AvgIpc) is 2.47. The van der Waals surface area contributed by atoms with Crippen LogP contribution < -0.4 is 5.32 Å². The van der Waals surface area contributed by atoms with Crippen LogP contribution in [0.3, 0.4) is 0 Å². The van der Waals surface area contributed by atoms with Gasteiger partial charge in [-0.3, -0.25) is 9.69 Å². The van der Waals surface area contributed by atoms with E-state index in [0.29, 0.717) is 18.0 Å². The smallest absolute Gasteiger partial charge is 0.227 e. The Morgan fingerprint density at radius 3 is 2.62 bits per heavy atom. The summed E-state index contributed by atoms with van der Waals surface area (Å²) in [4.78, 5) is 17.5. The summed E-state index contributed by atoms with van der Waals surface area (Å²) in [7, 11) is 0. The molecular weight excluding hydrogens is 309 g/mol. The fraction of sp³-hybridized carbons (Fsp3) is 0.933. The average molecular weight is 338 g/mol. The summed E-state index contributed by atoms with van der Waals surface area (Å²) in [5, 5.41) is 3.37. The lowest BCUT2D eigenvalue weighted by Crippen LogP contribution is -2.61. The molecule has 0 bridgehead atoms. The molecule has 1 N–H and O–H groups in total. The van der Waals surface area contributed by atoms with Crippen LogP contribution >= 0.6 is 24.8 Å². The van der Waals surface area contributed by atoms with E-state index in [1.54, 1.807) is 0 Å². The molecule has 3 rings (SSSR count). The van der Waals surface area contributed by atoms with Crippen molar-refractivity contribution in [3.63, 3.8) is 0 Å². The highest BCUT2D eigenvalue weighted by Crippen LogP contribution is 2.26. The number of carbonyl (C=O) groups excluding carboxylic acids is 1. The molecule has 6 heteroatoms. The Morgan fingerprint density at radius 1 is 1.10 bits per heavy atom. The molecule has 3 heterocycles. The number of nitrogens with one attached hydrogen (secondary N) is 1. The van der Waals surface area contributed by atoms with E-state index in [1.165, 1.54) is 25.8 Å². The van der Waals surface area contributed by atoms with E-state index in [-0.39, 0.29) is 30.7 Å². The molecule has 3 fully saturated rings. The molecule has 0 aliphatic carbocycles. The monoisotopic (exact) mass is 337 g/mol. The van der Waals surface area contributed by atoms with E-state index in [2.05, 4.69) is 22.0 Å². The number of hydrogen-bond acceptors (Lipinski definition) is 3. The molecule has 4 nitrogen and oxygen atoms in total. The standard InChI is InChI=1S/C15H27N3O.2ClH/c1-12-10-17-8-3-2-6-14(17)11-18(12)15(19)13-5-4-7-16-9-13;;/h12-14,16H,2-11H2,1H3;2*1H. The van der Waals surface area contributed by atoms with Crippen LogP contribution in [-0.2, 0) is 4.79 Å². The summed E-state index contributed by atoms with van der Waals surface area (Å²) in [6.07, 6.45) is 6.17. The van der Waals surface area contributed by atoms with E-state index in [0.717, 1.165) is 39.0 Å². The van der Waals surface area contributed by atoms with E-state index in [1.807, 2.05) is 0 Å². The van der Waals surface area contributed by atoms with Crippen LogP contribution in [0.1, 0.15) is 39.0 Å². The van der Waals surface area contributed by atoms with Crippen molar-refractivity contribution in [2.24, 2.45) is 5.92 Å². The third kappa shape index (κ3) is 4.25. The first-order valence-corrected chi connectivity index (χ1v) is 8.01. The maximum absolute atomic E-state index is 12.7. The summed E-state index contributed by atoms with van der Waals surface area (Å²) in [5.74, 6) is 0.635. The third-order valence-corrected chi connectivity index (χ3v) is 5.12. The van der Waals surface area contributed by atoms with Crippen LogP contribution in [-0.4, -0.2) is 60.5 Å². The Balaban J connectivity index is 0.00000110. The van der Waals surface area contributed by atoms with E-state index >= 15 is 0 Å². The molecule has 0 aromatic rings. The molecule has 3 atom stereocenters. The van der Waals surface area contributed by atoms with Crippen molar-refractivity contribution in [3.05, 3.63) is 0 Å². The number of nitrogens with zero attached hydrogens (tertiary/aromatic N) is 2. The molecule has 0 aromatic carbocycles. The quantitative estimate of drug-likeness (QED) is 0.793. The topological polar surface area (TPSA) is 35.6 Å². The first-order chi connectivity index (χ1) is 9.25.